The number of carbonyl (C=O) groups excluding carboxylic acids is 1. The Morgan fingerprint density at radius 2 is 2.00 bits per heavy atom. The maximum atomic E-state index is 12.9. The van der Waals surface area contributed by atoms with E-state index in [0.29, 0.717) is 23.6 Å². The third kappa shape index (κ3) is 3.14. The summed E-state index contributed by atoms with van der Waals surface area (Å²) in [6, 6.07) is 13.3. The van der Waals surface area contributed by atoms with Crippen molar-refractivity contribution in [1.82, 2.24) is 4.90 Å². The molecule has 0 saturated carbocycles. The van der Waals surface area contributed by atoms with Crippen molar-refractivity contribution in [3.63, 3.8) is 0 Å². The fourth-order valence-electron chi connectivity index (χ4n) is 2.49. The Hall–Kier alpha value is -2.93. The Bertz CT molecular complexity index is 759. The highest BCUT2D eigenvalue weighted by Gasteiger charge is 2.25. The highest BCUT2D eigenvalue weighted by Crippen LogP contribution is 2.36. The van der Waals surface area contributed by atoms with Gasteiger partial charge in [-0.15, -0.1) is 6.42 Å². The van der Waals surface area contributed by atoms with Gasteiger partial charge in [-0.25, -0.2) is 0 Å². The summed E-state index contributed by atoms with van der Waals surface area (Å²) in [4.78, 5) is 14.5. The molecule has 0 saturated heterocycles. The summed E-state index contributed by atoms with van der Waals surface area (Å²) in [6.07, 6.45) is 5.44. The Labute approximate surface area is 135 Å². The maximum absolute atomic E-state index is 12.9. The van der Waals surface area contributed by atoms with E-state index in [0.717, 1.165) is 5.56 Å². The zero-order valence-corrected chi connectivity index (χ0v) is 12.9. The fourth-order valence-corrected chi connectivity index (χ4v) is 2.49. The van der Waals surface area contributed by atoms with Crippen LogP contribution in [0.5, 0.6) is 11.5 Å². The first-order valence-electron chi connectivity index (χ1n) is 7.36. The Kier molecular flexibility index (Phi) is 4.20. The second-order valence-corrected chi connectivity index (χ2v) is 5.39. The van der Waals surface area contributed by atoms with E-state index < -0.39 is 0 Å². The number of aryl methyl sites for hydroxylation is 1. The smallest absolute Gasteiger partial charge is 0.258 e. The van der Waals surface area contributed by atoms with Crippen LogP contribution in [0.3, 0.4) is 0 Å². The molecule has 3 rings (SSSR count). The first-order valence-corrected chi connectivity index (χ1v) is 7.36. The molecule has 1 aliphatic rings. The molecule has 0 atom stereocenters. The average Bonchev–Trinajstić information content (AvgIpc) is 3.04. The standard InChI is InChI=1S/C19H17NO3/c1-3-11-20(12-15-9-7-14(2)8-10-15)19(21)16-5-4-6-17-18(16)23-13-22-17/h1,4-10H,11-13H2,2H3. The number of hydrogen-bond donors (Lipinski definition) is 0. The van der Waals surface area contributed by atoms with E-state index in [2.05, 4.69) is 5.92 Å². The topological polar surface area (TPSA) is 38.8 Å². The first-order chi connectivity index (χ1) is 11.2. The van der Waals surface area contributed by atoms with E-state index in [1.165, 1.54) is 5.56 Å². The van der Waals surface area contributed by atoms with Crippen molar-refractivity contribution in [2.24, 2.45) is 0 Å². The number of para-hydroxylation sites is 1. The minimum Gasteiger partial charge on any atom is -0.454 e. The lowest BCUT2D eigenvalue weighted by Gasteiger charge is -2.21. The number of hydrogen-bond acceptors (Lipinski definition) is 3. The number of rotatable bonds is 4. The average molecular weight is 307 g/mol. The van der Waals surface area contributed by atoms with Crippen molar-refractivity contribution >= 4 is 5.91 Å². The van der Waals surface area contributed by atoms with Gasteiger partial charge in [0.2, 0.25) is 6.79 Å². The molecule has 4 heteroatoms. The molecule has 0 radical (unpaired) electrons. The number of nitrogens with zero attached hydrogens (tertiary/aromatic N) is 1. The highest BCUT2D eigenvalue weighted by molar-refractivity contribution is 5.98. The molecule has 116 valence electrons. The monoisotopic (exact) mass is 307 g/mol. The van der Waals surface area contributed by atoms with Crippen molar-refractivity contribution in [2.45, 2.75) is 13.5 Å². The predicted molar refractivity (Wildman–Crippen MR) is 87.3 cm³/mol. The van der Waals surface area contributed by atoms with Crippen LogP contribution >= 0.6 is 0 Å². The van der Waals surface area contributed by atoms with Crippen molar-refractivity contribution in [1.29, 1.82) is 0 Å². The van der Waals surface area contributed by atoms with Crippen molar-refractivity contribution in [2.75, 3.05) is 13.3 Å². The van der Waals surface area contributed by atoms with Crippen molar-refractivity contribution < 1.29 is 14.3 Å². The van der Waals surface area contributed by atoms with Gasteiger partial charge in [-0.3, -0.25) is 4.79 Å². The highest BCUT2D eigenvalue weighted by atomic mass is 16.7. The molecule has 0 N–H and O–H groups in total. The van der Waals surface area contributed by atoms with Crippen molar-refractivity contribution in [3.05, 3.63) is 59.2 Å². The quantitative estimate of drug-likeness (QED) is 0.815. The summed E-state index contributed by atoms with van der Waals surface area (Å²) >= 11 is 0. The lowest BCUT2D eigenvalue weighted by molar-refractivity contribution is 0.0761. The molecule has 1 aliphatic heterocycles. The number of amides is 1. The van der Waals surface area contributed by atoms with Crippen molar-refractivity contribution in [3.8, 4) is 23.8 Å². The van der Waals surface area contributed by atoms with Crippen LogP contribution in [-0.2, 0) is 6.54 Å². The third-order valence-electron chi connectivity index (χ3n) is 3.69. The zero-order valence-electron chi connectivity index (χ0n) is 12.9. The van der Waals surface area contributed by atoms with Gasteiger partial charge in [0.25, 0.3) is 5.91 Å². The van der Waals surface area contributed by atoms with E-state index in [9.17, 15) is 4.79 Å². The largest absolute Gasteiger partial charge is 0.454 e. The lowest BCUT2D eigenvalue weighted by Crippen LogP contribution is -2.31. The first kappa shape index (κ1) is 15.0. The van der Waals surface area contributed by atoms with Crippen LogP contribution in [0.1, 0.15) is 21.5 Å². The second-order valence-electron chi connectivity index (χ2n) is 5.39. The van der Waals surface area contributed by atoms with E-state index in [1.807, 2.05) is 31.2 Å². The predicted octanol–water partition coefficient (Wildman–Crippen LogP) is 3.00. The van der Waals surface area contributed by atoms with Gasteiger partial charge in [0, 0.05) is 6.54 Å². The molecule has 0 spiro atoms. The van der Waals surface area contributed by atoms with E-state index in [1.54, 1.807) is 23.1 Å². The Morgan fingerprint density at radius 1 is 1.22 bits per heavy atom. The van der Waals surface area contributed by atoms with Gasteiger partial charge in [-0.2, -0.15) is 0 Å². The van der Waals surface area contributed by atoms with Crippen LogP contribution in [0.4, 0.5) is 0 Å². The molecule has 2 aromatic rings. The number of carbonyl (C=O) groups is 1. The summed E-state index contributed by atoms with van der Waals surface area (Å²) < 4.78 is 10.8. The summed E-state index contributed by atoms with van der Waals surface area (Å²) in [6.45, 7) is 2.84. The molecule has 0 fully saturated rings. The molecule has 1 amide bonds. The summed E-state index contributed by atoms with van der Waals surface area (Å²) in [7, 11) is 0. The molecule has 0 bridgehead atoms. The van der Waals surface area contributed by atoms with Crippen LogP contribution < -0.4 is 9.47 Å². The fraction of sp³-hybridized carbons (Fsp3) is 0.211. The van der Waals surface area contributed by atoms with Gasteiger partial charge in [-0.05, 0) is 24.6 Å². The van der Waals surface area contributed by atoms with E-state index >= 15 is 0 Å². The van der Waals surface area contributed by atoms with Gasteiger partial charge < -0.3 is 14.4 Å². The van der Waals surface area contributed by atoms with Gasteiger partial charge in [0.05, 0.1) is 12.1 Å². The molecular formula is C19H17NO3. The van der Waals surface area contributed by atoms with Gasteiger partial charge in [-0.1, -0.05) is 41.8 Å². The SMILES string of the molecule is C#CCN(Cc1ccc(C)cc1)C(=O)c1cccc2c1OCO2. The number of benzene rings is 2. The molecule has 4 nitrogen and oxygen atoms in total. The Morgan fingerprint density at radius 3 is 2.74 bits per heavy atom. The third-order valence-corrected chi connectivity index (χ3v) is 3.69. The van der Waals surface area contributed by atoms with E-state index in [-0.39, 0.29) is 19.2 Å². The summed E-state index contributed by atoms with van der Waals surface area (Å²) in [5.41, 5.74) is 2.68. The van der Waals surface area contributed by atoms with Crippen LogP contribution in [0, 0.1) is 19.3 Å². The molecule has 0 unspecified atom stereocenters. The molecule has 0 aromatic heterocycles. The van der Waals surface area contributed by atoms with E-state index in [4.69, 9.17) is 15.9 Å². The number of fused-ring (bicyclic) bond motifs is 1. The van der Waals surface area contributed by atoms with Crippen LogP contribution in [-0.4, -0.2) is 24.1 Å². The van der Waals surface area contributed by atoms with Crippen LogP contribution in [0.15, 0.2) is 42.5 Å². The molecular weight excluding hydrogens is 290 g/mol. The number of terminal acetylenes is 1. The zero-order chi connectivity index (χ0) is 16.2. The van der Waals surface area contributed by atoms with Crippen LogP contribution in [0.25, 0.3) is 0 Å². The minimum absolute atomic E-state index is 0.132. The lowest BCUT2D eigenvalue weighted by atomic mass is 10.1. The van der Waals surface area contributed by atoms with Gasteiger partial charge >= 0.3 is 0 Å². The normalized spacial score (nSPS) is 11.8. The molecule has 2 aromatic carbocycles. The van der Waals surface area contributed by atoms with Gasteiger partial charge in [0.1, 0.15) is 0 Å². The second kappa shape index (κ2) is 6.45. The maximum Gasteiger partial charge on any atom is 0.258 e. The molecule has 23 heavy (non-hydrogen) atoms. The summed E-state index contributed by atoms with van der Waals surface area (Å²) in [5.74, 6) is 3.47. The van der Waals surface area contributed by atoms with Gasteiger partial charge in [0.15, 0.2) is 11.5 Å². The molecule has 1 heterocycles. The van der Waals surface area contributed by atoms with Crippen LogP contribution in [0.2, 0.25) is 0 Å². The number of ether oxygens (including phenoxy) is 2. The molecule has 0 aliphatic carbocycles. The minimum atomic E-state index is -0.161. The summed E-state index contributed by atoms with van der Waals surface area (Å²) in [5, 5.41) is 0. The Balaban J connectivity index is 1.86.